The topological polar surface area (TPSA) is 86.8 Å². The Morgan fingerprint density at radius 3 is 2.29 bits per heavy atom. The van der Waals surface area contributed by atoms with Crippen molar-refractivity contribution >= 4 is 5.91 Å². The number of likely N-dealkylation sites (tertiary alicyclic amines) is 1. The summed E-state index contributed by atoms with van der Waals surface area (Å²) in [6, 6.07) is 0. The second-order valence-corrected chi connectivity index (χ2v) is 5.37. The zero-order valence-electron chi connectivity index (χ0n) is 10.7. The van der Waals surface area contributed by atoms with E-state index in [4.69, 9.17) is 5.73 Å². The van der Waals surface area contributed by atoms with Crippen molar-refractivity contribution in [3.63, 3.8) is 0 Å². The average Bonchev–Trinajstić information content (AvgIpc) is 2.57. The first kappa shape index (κ1) is 14.4. The van der Waals surface area contributed by atoms with E-state index in [1.165, 1.54) is 4.90 Å². The molecule has 0 aromatic rings. The molecule has 0 aliphatic carbocycles. The van der Waals surface area contributed by atoms with Gasteiger partial charge in [-0.05, 0) is 24.8 Å². The lowest BCUT2D eigenvalue weighted by molar-refractivity contribution is -0.131. The summed E-state index contributed by atoms with van der Waals surface area (Å²) in [6.45, 7) is 5.19. The molecule has 0 saturated carbocycles. The van der Waals surface area contributed by atoms with Gasteiger partial charge in [-0.3, -0.25) is 4.79 Å². The number of aliphatic hydroxyl groups excluding tert-OH is 2. The van der Waals surface area contributed by atoms with Crippen molar-refractivity contribution in [3.8, 4) is 0 Å². The fourth-order valence-electron chi connectivity index (χ4n) is 2.28. The Hall–Kier alpha value is -0.650. The summed E-state index contributed by atoms with van der Waals surface area (Å²) in [5, 5.41) is 18.8. The highest BCUT2D eigenvalue weighted by atomic mass is 16.3. The Labute approximate surface area is 103 Å². The molecule has 1 fully saturated rings. The fraction of sp³-hybridized carbons (Fsp3) is 0.917. The van der Waals surface area contributed by atoms with Crippen LogP contribution in [0.5, 0.6) is 0 Å². The summed E-state index contributed by atoms with van der Waals surface area (Å²) < 4.78 is 0. The Morgan fingerprint density at radius 2 is 1.88 bits per heavy atom. The third-order valence-electron chi connectivity index (χ3n) is 3.21. The Kier molecular flexibility index (Phi) is 5.36. The van der Waals surface area contributed by atoms with E-state index in [1.807, 2.05) is 0 Å². The van der Waals surface area contributed by atoms with Crippen LogP contribution in [0.15, 0.2) is 0 Å². The monoisotopic (exact) mass is 244 g/mol. The third kappa shape index (κ3) is 4.26. The standard InChI is InChI=1S/C12H24N2O3/c1-8(2)3-9(5-13)4-12(17)14-6-10(15)11(16)7-14/h8-11,15-16H,3-7,13H2,1-2H3/t9-,10-,11+/m0/s1. The van der Waals surface area contributed by atoms with Crippen LogP contribution in [0.25, 0.3) is 0 Å². The zero-order chi connectivity index (χ0) is 13.0. The molecule has 0 aromatic carbocycles. The minimum atomic E-state index is -0.805. The molecule has 1 aliphatic rings. The van der Waals surface area contributed by atoms with E-state index in [-0.39, 0.29) is 24.9 Å². The van der Waals surface area contributed by atoms with Gasteiger partial charge in [-0.1, -0.05) is 13.8 Å². The third-order valence-corrected chi connectivity index (χ3v) is 3.21. The van der Waals surface area contributed by atoms with Gasteiger partial charge in [0.05, 0.1) is 12.2 Å². The molecule has 0 bridgehead atoms. The van der Waals surface area contributed by atoms with Gasteiger partial charge in [0, 0.05) is 19.5 Å². The van der Waals surface area contributed by atoms with Crippen LogP contribution in [0.2, 0.25) is 0 Å². The number of nitrogens with zero attached hydrogens (tertiary/aromatic N) is 1. The SMILES string of the molecule is CC(C)C[C@H](CN)CC(=O)N1C[C@@H](O)[C@@H](O)C1. The minimum Gasteiger partial charge on any atom is -0.388 e. The van der Waals surface area contributed by atoms with E-state index in [2.05, 4.69) is 13.8 Å². The molecule has 1 rings (SSSR count). The lowest BCUT2D eigenvalue weighted by atomic mass is 9.94. The molecule has 3 atom stereocenters. The van der Waals surface area contributed by atoms with Crippen molar-refractivity contribution in [1.29, 1.82) is 0 Å². The van der Waals surface area contributed by atoms with Crippen LogP contribution in [0.3, 0.4) is 0 Å². The van der Waals surface area contributed by atoms with Crippen molar-refractivity contribution in [2.24, 2.45) is 17.6 Å². The lowest BCUT2D eigenvalue weighted by Crippen LogP contribution is -2.33. The second kappa shape index (κ2) is 6.33. The number of carbonyl (C=O) groups excluding carboxylic acids is 1. The second-order valence-electron chi connectivity index (χ2n) is 5.37. The average molecular weight is 244 g/mol. The van der Waals surface area contributed by atoms with Gasteiger partial charge >= 0.3 is 0 Å². The van der Waals surface area contributed by atoms with Gasteiger partial charge < -0.3 is 20.8 Å². The van der Waals surface area contributed by atoms with Crippen molar-refractivity contribution in [2.45, 2.75) is 38.9 Å². The normalized spacial score (nSPS) is 26.6. The van der Waals surface area contributed by atoms with E-state index in [1.54, 1.807) is 0 Å². The van der Waals surface area contributed by atoms with Gasteiger partial charge in [0.2, 0.25) is 5.91 Å². The first-order valence-electron chi connectivity index (χ1n) is 6.28. The molecular formula is C12H24N2O3. The maximum atomic E-state index is 11.9. The van der Waals surface area contributed by atoms with Crippen molar-refractivity contribution in [3.05, 3.63) is 0 Å². The molecule has 4 N–H and O–H groups in total. The Bertz CT molecular complexity index is 248. The van der Waals surface area contributed by atoms with E-state index < -0.39 is 12.2 Å². The number of nitrogens with two attached hydrogens (primary N) is 1. The van der Waals surface area contributed by atoms with Crippen LogP contribution >= 0.6 is 0 Å². The Morgan fingerprint density at radius 1 is 1.35 bits per heavy atom. The molecule has 1 aliphatic heterocycles. The summed E-state index contributed by atoms with van der Waals surface area (Å²) in [6.07, 6.45) is -0.268. The summed E-state index contributed by atoms with van der Waals surface area (Å²) in [5.74, 6) is 0.695. The van der Waals surface area contributed by atoms with Crippen molar-refractivity contribution < 1.29 is 15.0 Å². The molecule has 100 valence electrons. The highest BCUT2D eigenvalue weighted by Crippen LogP contribution is 2.18. The van der Waals surface area contributed by atoms with Crippen LogP contribution in [0, 0.1) is 11.8 Å². The number of hydrogen-bond acceptors (Lipinski definition) is 4. The van der Waals surface area contributed by atoms with Gasteiger partial charge in [-0.15, -0.1) is 0 Å². The van der Waals surface area contributed by atoms with Gasteiger partial charge in [0.15, 0.2) is 0 Å². The van der Waals surface area contributed by atoms with Gasteiger partial charge in [0.25, 0.3) is 0 Å². The van der Waals surface area contributed by atoms with Crippen LogP contribution in [0.4, 0.5) is 0 Å². The molecule has 5 heteroatoms. The van der Waals surface area contributed by atoms with Crippen LogP contribution < -0.4 is 5.73 Å². The largest absolute Gasteiger partial charge is 0.388 e. The number of rotatable bonds is 5. The maximum absolute atomic E-state index is 11.9. The number of amides is 1. The highest BCUT2D eigenvalue weighted by molar-refractivity contribution is 5.76. The lowest BCUT2D eigenvalue weighted by Gasteiger charge is -2.21. The zero-order valence-corrected chi connectivity index (χ0v) is 10.7. The number of carbonyl (C=O) groups is 1. The fourth-order valence-corrected chi connectivity index (χ4v) is 2.28. The first-order chi connectivity index (χ1) is 7.93. The maximum Gasteiger partial charge on any atom is 0.223 e. The number of aliphatic hydroxyl groups is 2. The van der Waals surface area contributed by atoms with E-state index in [0.717, 1.165) is 6.42 Å². The quantitative estimate of drug-likeness (QED) is 0.612. The number of hydrogen-bond donors (Lipinski definition) is 3. The molecule has 1 saturated heterocycles. The molecule has 17 heavy (non-hydrogen) atoms. The molecule has 5 nitrogen and oxygen atoms in total. The minimum absolute atomic E-state index is 0.0169. The highest BCUT2D eigenvalue weighted by Gasteiger charge is 2.32. The van der Waals surface area contributed by atoms with Crippen molar-refractivity contribution in [1.82, 2.24) is 4.90 Å². The van der Waals surface area contributed by atoms with Crippen molar-refractivity contribution in [2.75, 3.05) is 19.6 Å². The Balaban J connectivity index is 2.42. The molecule has 0 aromatic heterocycles. The van der Waals surface area contributed by atoms with E-state index in [9.17, 15) is 15.0 Å². The van der Waals surface area contributed by atoms with Gasteiger partial charge in [-0.2, -0.15) is 0 Å². The van der Waals surface area contributed by atoms with Crippen LogP contribution in [0.1, 0.15) is 26.7 Å². The summed E-state index contributed by atoms with van der Waals surface area (Å²) >= 11 is 0. The molecule has 1 amide bonds. The van der Waals surface area contributed by atoms with Gasteiger partial charge in [-0.25, -0.2) is 0 Å². The molecular weight excluding hydrogens is 220 g/mol. The summed E-state index contributed by atoms with van der Waals surface area (Å²) in [7, 11) is 0. The predicted molar refractivity (Wildman–Crippen MR) is 65.2 cm³/mol. The van der Waals surface area contributed by atoms with Crippen LogP contribution in [-0.2, 0) is 4.79 Å². The molecule has 0 unspecified atom stereocenters. The molecule has 0 radical (unpaired) electrons. The smallest absolute Gasteiger partial charge is 0.223 e. The predicted octanol–water partition coefficient (Wildman–Crippen LogP) is -0.438. The first-order valence-corrected chi connectivity index (χ1v) is 6.28. The van der Waals surface area contributed by atoms with Gasteiger partial charge in [0.1, 0.15) is 0 Å². The summed E-state index contributed by atoms with van der Waals surface area (Å²) in [5.41, 5.74) is 5.65. The summed E-state index contributed by atoms with van der Waals surface area (Å²) in [4.78, 5) is 13.5. The molecule has 0 spiro atoms. The van der Waals surface area contributed by atoms with Crippen LogP contribution in [-0.4, -0.2) is 52.9 Å². The number of β-amino-alcohol motifs (C(OH)–C–C–N with tert-alkyl or cyclic N) is 2. The van der Waals surface area contributed by atoms with E-state index >= 15 is 0 Å². The van der Waals surface area contributed by atoms with E-state index in [0.29, 0.717) is 18.9 Å². The molecule has 1 heterocycles.